The van der Waals surface area contributed by atoms with Crippen molar-refractivity contribution in [3.05, 3.63) is 70.8 Å². The van der Waals surface area contributed by atoms with Gasteiger partial charge in [-0.25, -0.2) is 9.07 Å². The molecule has 2 heterocycles. The average Bonchev–Trinajstić information content (AvgIpc) is 3.13. The van der Waals surface area contributed by atoms with Crippen molar-refractivity contribution in [2.24, 2.45) is 0 Å². The number of halogens is 4. The number of carbonyl (C=O) groups is 1. The first-order valence-electron chi connectivity index (χ1n) is 10.2. The molecule has 2 aromatic rings. The van der Waals surface area contributed by atoms with Crippen molar-refractivity contribution in [1.82, 2.24) is 15.1 Å². The van der Waals surface area contributed by atoms with E-state index in [2.05, 4.69) is 17.0 Å². The number of alkyl halides is 3. The summed E-state index contributed by atoms with van der Waals surface area (Å²) in [4.78, 5) is 13.3. The highest BCUT2D eigenvalue weighted by Crippen LogP contribution is 2.38. The van der Waals surface area contributed by atoms with Gasteiger partial charge in [0.15, 0.2) is 0 Å². The van der Waals surface area contributed by atoms with E-state index in [4.69, 9.17) is 9.47 Å². The fourth-order valence-corrected chi connectivity index (χ4v) is 3.86. The fraction of sp³-hybridized carbons (Fsp3) is 0.391. The van der Waals surface area contributed by atoms with Gasteiger partial charge in [0.25, 0.3) is 5.91 Å². The van der Waals surface area contributed by atoms with Crippen LogP contribution in [0.2, 0.25) is 0 Å². The Morgan fingerprint density at radius 1 is 1.42 bits per heavy atom. The lowest BCUT2D eigenvalue weighted by Gasteiger charge is -2.44. The maximum absolute atomic E-state index is 15.1. The summed E-state index contributed by atoms with van der Waals surface area (Å²) in [7, 11) is 1.37. The normalized spacial score (nSPS) is 21.7. The van der Waals surface area contributed by atoms with Crippen LogP contribution in [0.3, 0.4) is 0 Å². The molecule has 1 fully saturated rings. The van der Waals surface area contributed by atoms with Crippen molar-refractivity contribution in [2.45, 2.75) is 38.1 Å². The first-order valence-corrected chi connectivity index (χ1v) is 10.2. The number of hydrogen-bond donors (Lipinski definition) is 1. The van der Waals surface area contributed by atoms with Crippen LogP contribution >= 0.6 is 0 Å². The maximum Gasteiger partial charge on any atom is 0.416 e. The molecule has 1 N–H and O–H groups in total. The largest absolute Gasteiger partial charge is 0.416 e. The standard InChI is InChI=1S/C23H25F4N3O3/c1-5-14(2)12-30-15(3)17(11-28-30)21(31)29-22(8-9-33-13-20(22)32-4)18-7-6-16(10-19(18)24)23(25,26)27/h5-7,10-12,20H,1,8-9,13H2,2-4H3,(H,29,31)/b14-12-. The molecule has 6 nitrogen and oxygen atoms in total. The molecular formula is C23H25F4N3O3. The summed E-state index contributed by atoms with van der Waals surface area (Å²) in [5.74, 6) is -1.65. The fourth-order valence-electron chi connectivity index (χ4n) is 3.86. The van der Waals surface area contributed by atoms with E-state index in [-0.39, 0.29) is 30.8 Å². The molecule has 2 unspecified atom stereocenters. The van der Waals surface area contributed by atoms with Crippen molar-refractivity contribution in [2.75, 3.05) is 20.3 Å². The molecule has 0 spiro atoms. The average molecular weight is 467 g/mol. The highest BCUT2D eigenvalue weighted by Gasteiger charge is 2.47. The second-order valence-electron chi connectivity index (χ2n) is 7.83. The zero-order chi connectivity index (χ0) is 24.4. The molecule has 178 valence electrons. The van der Waals surface area contributed by atoms with Gasteiger partial charge in [-0.15, -0.1) is 0 Å². The van der Waals surface area contributed by atoms with E-state index in [9.17, 15) is 18.0 Å². The van der Waals surface area contributed by atoms with Gasteiger partial charge in [0.1, 0.15) is 11.9 Å². The number of aromatic nitrogens is 2. The predicted molar refractivity (Wildman–Crippen MR) is 114 cm³/mol. The first kappa shape index (κ1) is 24.7. The van der Waals surface area contributed by atoms with Gasteiger partial charge in [0.05, 0.1) is 35.2 Å². The molecule has 2 atom stereocenters. The third kappa shape index (κ3) is 4.86. The monoisotopic (exact) mass is 467 g/mol. The van der Waals surface area contributed by atoms with Crippen LogP contribution in [0.1, 0.15) is 40.5 Å². The Kier molecular flexibility index (Phi) is 7.08. The van der Waals surface area contributed by atoms with Crippen LogP contribution in [0.5, 0.6) is 0 Å². The summed E-state index contributed by atoms with van der Waals surface area (Å²) in [5, 5.41) is 7.01. The highest BCUT2D eigenvalue weighted by atomic mass is 19.4. The van der Waals surface area contributed by atoms with E-state index in [1.807, 2.05) is 6.92 Å². The number of rotatable bonds is 6. The Balaban J connectivity index is 2.05. The van der Waals surface area contributed by atoms with Gasteiger partial charge in [0, 0.05) is 31.9 Å². The lowest BCUT2D eigenvalue weighted by Crippen LogP contribution is -2.59. The molecule has 1 aliphatic heterocycles. The predicted octanol–water partition coefficient (Wildman–Crippen LogP) is 4.46. The molecule has 1 amide bonds. The smallest absolute Gasteiger partial charge is 0.379 e. The number of allylic oxidation sites excluding steroid dienone is 2. The lowest BCUT2D eigenvalue weighted by atomic mass is 9.79. The molecule has 33 heavy (non-hydrogen) atoms. The Bertz CT molecular complexity index is 1080. The van der Waals surface area contributed by atoms with Crippen LogP contribution in [0.25, 0.3) is 6.20 Å². The number of hydrogen-bond acceptors (Lipinski definition) is 4. The molecule has 1 aromatic heterocycles. The van der Waals surface area contributed by atoms with Crippen molar-refractivity contribution in [3.8, 4) is 0 Å². The van der Waals surface area contributed by atoms with Gasteiger partial charge >= 0.3 is 6.18 Å². The van der Waals surface area contributed by atoms with Crippen LogP contribution in [-0.4, -0.2) is 42.1 Å². The van der Waals surface area contributed by atoms with Crippen molar-refractivity contribution < 1.29 is 31.8 Å². The van der Waals surface area contributed by atoms with E-state index in [1.54, 1.807) is 19.2 Å². The van der Waals surface area contributed by atoms with Crippen molar-refractivity contribution in [3.63, 3.8) is 0 Å². The molecule has 3 rings (SSSR count). The summed E-state index contributed by atoms with van der Waals surface area (Å²) in [6.07, 6.45) is -0.739. The van der Waals surface area contributed by atoms with E-state index < -0.39 is 35.1 Å². The van der Waals surface area contributed by atoms with E-state index in [0.29, 0.717) is 11.8 Å². The molecular weight excluding hydrogens is 442 g/mol. The van der Waals surface area contributed by atoms with Crippen LogP contribution in [0, 0.1) is 12.7 Å². The number of methoxy groups -OCH3 is 1. The Morgan fingerprint density at radius 2 is 2.15 bits per heavy atom. The molecule has 0 radical (unpaired) electrons. The minimum atomic E-state index is -4.70. The summed E-state index contributed by atoms with van der Waals surface area (Å²) >= 11 is 0. The number of amides is 1. The second-order valence-corrected chi connectivity index (χ2v) is 7.83. The molecule has 0 aliphatic carbocycles. The van der Waals surface area contributed by atoms with Gasteiger partial charge < -0.3 is 14.8 Å². The van der Waals surface area contributed by atoms with E-state index in [0.717, 1.165) is 17.7 Å². The number of nitrogens with one attached hydrogen (secondary N) is 1. The minimum absolute atomic E-state index is 0.0246. The molecule has 0 saturated carbocycles. The van der Waals surface area contributed by atoms with Gasteiger partial charge in [-0.3, -0.25) is 4.79 Å². The van der Waals surface area contributed by atoms with E-state index >= 15 is 4.39 Å². The van der Waals surface area contributed by atoms with Gasteiger partial charge in [-0.2, -0.15) is 18.3 Å². The van der Waals surface area contributed by atoms with Crippen LogP contribution in [0.4, 0.5) is 17.6 Å². The Morgan fingerprint density at radius 3 is 2.76 bits per heavy atom. The van der Waals surface area contributed by atoms with Crippen LogP contribution < -0.4 is 5.32 Å². The number of nitrogens with zero attached hydrogens (tertiary/aromatic N) is 2. The van der Waals surface area contributed by atoms with Crippen molar-refractivity contribution in [1.29, 1.82) is 0 Å². The molecule has 1 saturated heterocycles. The van der Waals surface area contributed by atoms with Gasteiger partial charge in [0.2, 0.25) is 0 Å². The minimum Gasteiger partial charge on any atom is -0.379 e. The Labute approximate surface area is 188 Å². The van der Waals surface area contributed by atoms with Crippen LogP contribution in [-0.2, 0) is 21.2 Å². The highest BCUT2D eigenvalue weighted by molar-refractivity contribution is 5.96. The van der Waals surface area contributed by atoms with Gasteiger partial charge in [-0.1, -0.05) is 18.7 Å². The van der Waals surface area contributed by atoms with E-state index in [1.165, 1.54) is 18.0 Å². The molecule has 0 bridgehead atoms. The third-order valence-corrected chi connectivity index (χ3v) is 5.79. The zero-order valence-corrected chi connectivity index (χ0v) is 18.5. The second kappa shape index (κ2) is 9.48. The summed E-state index contributed by atoms with van der Waals surface area (Å²) in [6, 6.07) is 2.26. The van der Waals surface area contributed by atoms with Gasteiger partial charge in [-0.05, 0) is 31.6 Å². The Hall–Kier alpha value is -2.98. The maximum atomic E-state index is 15.1. The number of benzene rings is 1. The van der Waals surface area contributed by atoms with Crippen molar-refractivity contribution >= 4 is 12.1 Å². The zero-order valence-electron chi connectivity index (χ0n) is 18.5. The first-order chi connectivity index (χ1) is 15.5. The third-order valence-electron chi connectivity index (χ3n) is 5.79. The van der Waals surface area contributed by atoms with Crippen LogP contribution in [0.15, 0.2) is 42.6 Å². The molecule has 10 heteroatoms. The summed E-state index contributed by atoms with van der Waals surface area (Å²) in [5.41, 5.74) is -1.09. The molecule has 1 aliphatic rings. The number of carbonyl (C=O) groups excluding carboxylic acids is 1. The summed E-state index contributed by atoms with van der Waals surface area (Å²) in [6.45, 7) is 7.37. The topological polar surface area (TPSA) is 65.4 Å². The summed E-state index contributed by atoms with van der Waals surface area (Å²) < 4.78 is 66.7. The number of ether oxygens (including phenoxy) is 2. The molecule has 1 aromatic carbocycles. The SMILES string of the molecule is C=C/C(C)=C\n1ncc(C(=O)NC2(c3ccc(C(F)(F)F)cc3F)CCOCC2OC)c1C. The lowest BCUT2D eigenvalue weighted by molar-refractivity contribution is -0.137. The quantitative estimate of drug-likeness (QED) is 0.504.